The van der Waals surface area contributed by atoms with Gasteiger partial charge in [0.25, 0.3) is 0 Å². The fourth-order valence-corrected chi connectivity index (χ4v) is 2.41. The lowest BCUT2D eigenvalue weighted by Crippen LogP contribution is -2.18. The first kappa shape index (κ1) is 15.2. The molecule has 2 N–H and O–H groups in total. The van der Waals surface area contributed by atoms with Crippen LogP contribution in [0.5, 0.6) is 0 Å². The molecule has 0 fully saturated rings. The highest BCUT2D eigenvalue weighted by molar-refractivity contribution is 5.33. The molecule has 110 valence electrons. The number of hydrogen-bond donors (Lipinski definition) is 1. The van der Waals surface area contributed by atoms with E-state index in [4.69, 9.17) is 11.0 Å². The van der Waals surface area contributed by atoms with Gasteiger partial charge in [-0.15, -0.1) is 0 Å². The molecule has 0 saturated carbocycles. The van der Waals surface area contributed by atoms with Crippen LogP contribution in [0.3, 0.4) is 0 Å². The standard InChI is InChI=1S/C16H19FN4/c1-10(19)6-15-11(2)20-21(12(15)3)9-14-5-4-13(8-18)7-16(14)17/h4-5,7,10H,6,9,19H2,1-3H3. The molecule has 0 aliphatic rings. The second-order valence-corrected chi connectivity index (χ2v) is 5.41. The zero-order valence-corrected chi connectivity index (χ0v) is 12.5. The van der Waals surface area contributed by atoms with Crippen molar-refractivity contribution in [2.45, 2.75) is 39.8 Å². The molecule has 1 aromatic carbocycles. The van der Waals surface area contributed by atoms with Crippen molar-refractivity contribution >= 4 is 0 Å². The minimum absolute atomic E-state index is 0.0618. The average Bonchev–Trinajstić information content (AvgIpc) is 2.68. The van der Waals surface area contributed by atoms with Gasteiger partial charge in [-0.3, -0.25) is 4.68 Å². The van der Waals surface area contributed by atoms with Gasteiger partial charge in [-0.05, 0) is 44.9 Å². The SMILES string of the molecule is Cc1nn(Cc2ccc(C#N)cc2F)c(C)c1CC(C)N. The van der Waals surface area contributed by atoms with Gasteiger partial charge < -0.3 is 5.73 Å². The summed E-state index contributed by atoms with van der Waals surface area (Å²) in [5.41, 5.74) is 9.76. The van der Waals surface area contributed by atoms with Crippen LogP contribution in [0.25, 0.3) is 0 Å². The molecule has 4 nitrogen and oxygen atoms in total. The van der Waals surface area contributed by atoms with Crippen LogP contribution < -0.4 is 5.73 Å². The summed E-state index contributed by atoms with van der Waals surface area (Å²) in [6.07, 6.45) is 0.757. The van der Waals surface area contributed by atoms with E-state index in [0.29, 0.717) is 17.7 Å². The van der Waals surface area contributed by atoms with Crippen LogP contribution in [-0.4, -0.2) is 15.8 Å². The predicted molar refractivity (Wildman–Crippen MR) is 79.3 cm³/mol. The van der Waals surface area contributed by atoms with Crippen LogP contribution in [0, 0.1) is 31.0 Å². The summed E-state index contributed by atoms with van der Waals surface area (Å²) in [5.74, 6) is -0.379. The number of aryl methyl sites for hydroxylation is 1. The summed E-state index contributed by atoms with van der Waals surface area (Å²) in [5, 5.41) is 13.2. The summed E-state index contributed by atoms with van der Waals surface area (Å²) in [6.45, 7) is 6.22. The Morgan fingerprint density at radius 2 is 2.14 bits per heavy atom. The number of hydrogen-bond acceptors (Lipinski definition) is 3. The van der Waals surface area contributed by atoms with E-state index in [-0.39, 0.29) is 11.9 Å². The van der Waals surface area contributed by atoms with Crippen LogP contribution in [0.2, 0.25) is 0 Å². The zero-order chi connectivity index (χ0) is 15.6. The summed E-state index contributed by atoms with van der Waals surface area (Å²) >= 11 is 0. The smallest absolute Gasteiger partial charge is 0.129 e. The fourth-order valence-electron chi connectivity index (χ4n) is 2.41. The number of nitriles is 1. The van der Waals surface area contributed by atoms with E-state index in [1.807, 2.05) is 26.8 Å². The van der Waals surface area contributed by atoms with Crippen LogP contribution in [0.15, 0.2) is 18.2 Å². The molecule has 0 aliphatic carbocycles. The number of rotatable bonds is 4. The maximum absolute atomic E-state index is 14.0. The van der Waals surface area contributed by atoms with Crippen molar-refractivity contribution in [3.63, 3.8) is 0 Å². The van der Waals surface area contributed by atoms with E-state index in [1.54, 1.807) is 16.8 Å². The number of aromatic nitrogens is 2. The van der Waals surface area contributed by atoms with Crippen molar-refractivity contribution in [3.05, 3.63) is 52.1 Å². The highest BCUT2D eigenvalue weighted by atomic mass is 19.1. The lowest BCUT2D eigenvalue weighted by atomic mass is 10.1. The molecule has 0 aliphatic heterocycles. The molecule has 5 heteroatoms. The predicted octanol–water partition coefficient (Wildman–Crippen LogP) is 2.45. The maximum atomic E-state index is 14.0. The first-order chi connectivity index (χ1) is 9.92. The van der Waals surface area contributed by atoms with Gasteiger partial charge in [0.2, 0.25) is 0 Å². The van der Waals surface area contributed by atoms with Crippen molar-refractivity contribution in [2.24, 2.45) is 5.73 Å². The monoisotopic (exact) mass is 286 g/mol. The Morgan fingerprint density at radius 3 is 2.71 bits per heavy atom. The Balaban J connectivity index is 2.30. The summed E-state index contributed by atoms with van der Waals surface area (Å²) in [7, 11) is 0. The zero-order valence-electron chi connectivity index (χ0n) is 12.5. The highest BCUT2D eigenvalue weighted by Gasteiger charge is 2.14. The first-order valence-electron chi connectivity index (χ1n) is 6.89. The van der Waals surface area contributed by atoms with Crippen LogP contribution in [0.4, 0.5) is 4.39 Å². The van der Waals surface area contributed by atoms with Gasteiger partial charge in [0.05, 0.1) is 23.9 Å². The van der Waals surface area contributed by atoms with Gasteiger partial charge in [-0.2, -0.15) is 10.4 Å². The summed E-state index contributed by atoms with van der Waals surface area (Å²) < 4.78 is 15.7. The largest absolute Gasteiger partial charge is 0.328 e. The van der Waals surface area contributed by atoms with Crippen LogP contribution in [0.1, 0.15) is 35.0 Å². The van der Waals surface area contributed by atoms with Gasteiger partial charge in [-0.25, -0.2) is 4.39 Å². The van der Waals surface area contributed by atoms with E-state index in [9.17, 15) is 4.39 Å². The molecule has 0 amide bonds. The molecule has 21 heavy (non-hydrogen) atoms. The second kappa shape index (κ2) is 6.06. The Labute approximate surface area is 124 Å². The molecule has 2 rings (SSSR count). The van der Waals surface area contributed by atoms with E-state index in [2.05, 4.69) is 5.10 Å². The average molecular weight is 286 g/mol. The lowest BCUT2D eigenvalue weighted by Gasteiger charge is -2.08. The molecule has 0 spiro atoms. The fraction of sp³-hybridized carbons (Fsp3) is 0.375. The van der Waals surface area contributed by atoms with Crippen molar-refractivity contribution in [1.29, 1.82) is 5.26 Å². The maximum Gasteiger partial charge on any atom is 0.129 e. The third kappa shape index (κ3) is 3.29. The van der Waals surface area contributed by atoms with Gasteiger partial charge in [0.15, 0.2) is 0 Å². The van der Waals surface area contributed by atoms with E-state index in [0.717, 1.165) is 23.4 Å². The third-order valence-corrected chi connectivity index (χ3v) is 3.56. The molecule has 1 unspecified atom stereocenters. The summed E-state index contributed by atoms with van der Waals surface area (Å²) in [6, 6.07) is 6.50. The molecule has 2 aromatic rings. The molecule has 0 bridgehead atoms. The van der Waals surface area contributed by atoms with Gasteiger partial charge in [-0.1, -0.05) is 6.07 Å². The Morgan fingerprint density at radius 1 is 1.43 bits per heavy atom. The van der Waals surface area contributed by atoms with Gasteiger partial charge >= 0.3 is 0 Å². The van der Waals surface area contributed by atoms with E-state index in [1.165, 1.54) is 6.07 Å². The molecule has 1 atom stereocenters. The lowest BCUT2D eigenvalue weighted by molar-refractivity contribution is 0.578. The third-order valence-electron chi connectivity index (χ3n) is 3.56. The highest BCUT2D eigenvalue weighted by Crippen LogP contribution is 2.18. The number of benzene rings is 1. The molecule has 1 heterocycles. The number of nitrogens with two attached hydrogens (primary N) is 1. The van der Waals surface area contributed by atoms with Crippen LogP contribution >= 0.6 is 0 Å². The molecule has 0 radical (unpaired) electrons. The molecular formula is C16H19FN4. The first-order valence-corrected chi connectivity index (χ1v) is 6.89. The number of halogens is 1. The second-order valence-electron chi connectivity index (χ2n) is 5.41. The van der Waals surface area contributed by atoms with Crippen molar-refractivity contribution in [1.82, 2.24) is 9.78 Å². The Bertz CT molecular complexity index is 695. The van der Waals surface area contributed by atoms with Crippen LogP contribution in [-0.2, 0) is 13.0 Å². The topological polar surface area (TPSA) is 67.6 Å². The Kier molecular flexibility index (Phi) is 4.39. The normalized spacial score (nSPS) is 12.2. The van der Waals surface area contributed by atoms with Gasteiger partial charge in [0, 0.05) is 17.3 Å². The van der Waals surface area contributed by atoms with Gasteiger partial charge in [0.1, 0.15) is 5.82 Å². The van der Waals surface area contributed by atoms with Crippen molar-refractivity contribution in [2.75, 3.05) is 0 Å². The minimum Gasteiger partial charge on any atom is -0.328 e. The number of nitrogens with zero attached hydrogens (tertiary/aromatic N) is 3. The Hall–Kier alpha value is -2.19. The summed E-state index contributed by atoms with van der Waals surface area (Å²) in [4.78, 5) is 0. The minimum atomic E-state index is -0.379. The molecule has 1 aromatic heterocycles. The van der Waals surface area contributed by atoms with E-state index < -0.39 is 0 Å². The molecule has 0 saturated heterocycles. The van der Waals surface area contributed by atoms with E-state index >= 15 is 0 Å². The molecular weight excluding hydrogens is 267 g/mol. The van der Waals surface area contributed by atoms with Crippen molar-refractivity contribution in [3.8, 4) is 6.07 Å². The quantitative estimate of drug-likeness (QED) is 0.938. The van der Waals surface area contributed by atoms with Crippen molar-refractivity contribution < 1.29 is 4.39 Å².